The van der Waals surface area contributed by atoms with Crippen LogP contribution in [-0.2, 0) is 6.54 Å². The van der Waals surface area contributed by atoms with Crippen molar-refractivity contribution >= 4 is 33.1 Å². The maximum atomic E-state index is 11.2. The van der Waals surface area contributed by atoms with Crippen LogP contribution in [0.25, 0.3) is 0 Å². The molecule has 16 heavy (non-hydrogen) atoms. The van der Waals surface area contributed by atoms with Crippen LogP contribution in [0.5, 0.6) is 0 Å². The molecule has 0 amide bonds. The van der Waals surface area contributed by atoms with Crippen LogP contribution in [-0.4, -0.2) is 15.0 Å². The largest absolute Gasteiger partial charge is 0.363 e. The van der Waals surface area contributed by atoms with E-state index in [0.29, 0.717) is 16.8 Å². The summed E-state index contributed by atoms with van der Waals surface area (Å²) in [6.07, 6.45) is 1.31. The average Bonchev–Trinajstić information content (AvgIpc) is 2.67. The van der Waals surface area contributed by atoms with E-state index >= 15 is 0 Å². The second-order valence-electron chi connectivity index (χ2n) is 2.92. The summed E-state index contributed by atoms with van der Waals surface area (Å²) in [6.45, 7) is 0.411. The van der Waals surface area contributed by atoms with Crippen molar-refractivity contribution in [2.75, 3.05) is 5.32 Å². The summed E-state index contributed by atoms with van der Waals surface area (Å²) in [4.78, 5) is 31.0. The number of anilines is 1. The molecule has 0 radical (unpaired) electrons. The first-order valence-electron chi connectivity index (χ1n) is 4.30. The van der Waals surface area contributed by atoms with Crippen LogP contribution in [0.4, 0.5) is 5.82 Å². The van der Waals surface area contributed by atoms with Gasteiger partial charge < -0.3 is 15.3 Å². The Labute approximate surface area is 102 Å². The Morgan fingerprint density at radius 2 is 2.31 bits per heavy atom. The fraction of sp³-hybridized carbons (Fsp3) is 0.125. The predicted octanol–water partition coefficient (Wildman–Crippen LogP) is 0.894. The van der Waals surface area contributed by atoms with Gasteiger partial charge in [0, 0.05) is 11.1 Å². The molecular formula is C8H7BrN4O2S. The average molecular weight is 303 g/mol. The minimum absolute atomic E-state index is 0.102. The van der Waals surface area contributed by atoms with Gasteiger partial charge in [-0.25, -0.2) is 4.98 Å². The van der Waals surface area contributed by atoms with Crippen molar-refractivity contribution in [2.24, 2.45) is 0 Å². The third-order valence-corrected chi connectivity index (χ3v) is 3.27. The first-order chi connectivity index (χ1) is 7.66. The maximum absolute atomic E-state index is 11.2. The van der Waals surface area contributed by atoms with Gasteiger partial charge in [-0.15, -0.1) is 0 Å². The van der Waals surface area contributed by atoms with E-state index in [1.165, 1.54) is 6.33 Å². The minimum atomic E-state index is -0.253. The van der Waals surface area contributed by atoms with Crippen molar-refractivity contribution in [3.63, 3.8) is 0 Å². The molecule has 6 nitrogen and oxygen atoms in total. The molecule has 2 aromatic heterocycles. The molecule has 0 bridgehead atoms. The van der Waals surface area contributed by atoms with Gasteiger partial charge >= 0.3 is 4.87 Å². The summed E-state index contributed by atoms with van der Waals surface area (Å²) in [6, 6.07) is 0. The first kappa shape index (κ1) is 11.1. The lowest BCUT2D eigenvalue weighted by molar-refractivity contribution is 1.01. The van der Waals surface area contributed by atoms with Gasteiger partial charge in [-0.1, -0.05) is 11.3 Å². The molecule has 2 rings (SSSR count). The van der Waals surface area contributed by atoms with Crippen LogP contribution in [0.15, 0.2) is 25.8 Å². The van der Waals surface area contributed by atoms with Crippen LogP contribution in [0.1, 0.15) is 5.69 Å². The number of halogens is 1. The summed E-state index contributed by atoms with van der Waals surface area (Å²) in [7, 11) is 0. The van der Waals surface area contributed by atoms with E-state index in [1.807, 2.05) is 0 Å². The molecule has 84 valence electrons. The summed E-state index contributed by atoms with van der Waals surface area (Å²) in [5.41, 5.74) is 0.500. The fourth-order valence-corrected chi connectivity index (χ4v) is 2.02. The first-order valence-corrected chi connectivity index (χ1v) is 5.98. The number of aromatic nitrogens is 3. The van der Waals surface area contributed by atoms with Crippen molar-refractivity contribution in [1.82, 2.24) is 15.0 Å². The highest BCUT2D eigenvalue weighted by Crippen LogP contribution is 2.13. The normalized spacial score (nSPS) is 10.3. The number of rotatable bonds is 3. The fourth-order valence-electron chi connectivity index (χ4n) is 1.09. The Morgan fingerprint density at radius 1 is 1.50 bits per heavy atom. The molecule has 0 spiro atoms. The second kappa shape index (κ2) is 4.62. The smallest absolute Gasteiger partial charge is 0.304 e. The highest BCUT2D eigenvalue weighted by molar-refractivity contribution is 9.10. The SMILES string of the molecule is O=c1[nH]c(CNc2nc[nH]c(=O)c2Br)cs1. The Balaban J connectivity index is 2.13. The van der Waals surface area contributed by atoms with E-state index in [1.54, 1.807) is 5.38 Å². The molecule has 0 saturated carbocycles. The Kier molecular flexibility index (Phi) is 3.20. The number of nitrogens with zero attached hydrogens (tertiary/aromatic N) is 1. The molecule has 0 saturated heterocycles. The van der Waals surface area contributed by atoms with Gasteiger partial charge in [0.15, 0.2) is 0 Å². The van der Waals surface area contributed by atoms with Gasteiger partial charge in [0.1, 0.15) is 10.3 Å². The molecule has 0 aliphatic carbocycles. The van der Waals surface area contributed by atoms with Crippen LogP contribution in [0.3, 0.4) is 0 Å². The number of hydrogen-bond donors (Lipinski definition) is 3. The molecule has 0 aliphatic rings. The zero-order valence-corrected chi connectivity index (χ0v) is 10.3. The van der Waals surface area contributed by atoms with Crippen LogP contribution < -0.4 is 15.7 Å². The van der Waals surface area contributed by atoms with Crippen molar-refractivity contribution in [3.8, 4) is 0 Å². The van der Waals surface area contributed by atoms with Crippen LogP contribution >= 0.6 is 27.3 Å². The minimum Gasteiger partial charge on any atom is -0.363 e. The molecule has 3 N–H and O–H groups in total. The van der Waals surface area contributed by atoms with Crippen molar-refractivity contribution in [1.29, 1.82) is 0 Å². The van der Waals surface area contributed by atoms with Crippen LogP contribution in [0.2, 0.25) is 0 Å². The topological polar surface area (TPSA) is 90.6 Å². The summed E-state index contributed by atoms with van der Waals surface area (Å²) in [5.74, 6) is 0.441. The molecule has 0 aromatic carbocycles. The maximum Gasteiger partial charge on any atom is 0.304 e. The van der Waals surface area contributed by atoms with Gasteiger partial charge in [0.2, 0.25) is 0 Å². The molecule has 8 heteroatoms. The monoisotopic (exact) mass is 302 g/mol. The number of thiazole rings is 1. The van der Waals surface area contributed by atoms with E-state index in [2.05, 4.69) is 36.2 Å². The van der Waals surface area contributed by atoms with Gasteiger partial charge in [-0.05, 0) is 15.9 Å². The van der Waals surface area contributed by atoms with Gasteiger partial charge in [0.05, 0.1) is 12.9 Å². The number of aromatic amines is 2. The molecule has 2 heterocycles. The molecule has 0 aliphatic heterocycles. The lowest BCUT2D eigenvalue weighted by atomic mass is 10.4. The van der Waals surface area contributed by atoms with Crippen molar-refractivity contribution in [3.05, 3.63) is 41.9 Å². The number of H-pyrrole nitrogens is 2. The highest BCUT2D eigenvalue weighted by Gasteiger charge is 2.05. The third kappa shape index (κ3) is 2.39. The van der Waals surface area contributed by atoms with E-state index in [9.17, 15) is 9.59 Å². The van der Waals surface area contributed by atoms with Gasteiger partial charge in [-0.2, -0.15) is 0 Å². The zero-order valence-electron chi connectivity index (χ0n) is 7.91. The Hall–Kier alpha value is -1.41. The van der Waals surface area contributed by atoms with Crippen molar-refractivity contribution < 1.29 is 0 Å². The molecule has 0 unspecified atom stereocenters. The van der Waals surface area contributed by atoms with Crippen LogP contribution in [0, 0.1) is 0 Å². The zero-order chi connectivity index (χ0) is 11.5. The van der Waals surface area contributed by atoms with Gasteiger partial charge in [-0.3, -0.25) is 9.59 Å². The van der Waals surface area contributed by atoms with E-state index in [4.69, 9.17) is 0 Å². The summed E-state index contributed by atoms with van der Waals surface area (Å²) < 4.78 is 0.340. The highest BCUT2D eigenvalue weighted by atomic mass is 79.9. The van der Waals surface area contributed by atoms with E-state index in [-0.39, 0.29) is 10.4 Å². The second-order valence-corrected chi connectivity index (χ2v) is 4.56. The lowest BCUT2D eigenvalue weighted by Crippen LogP contribution is -2.12. The summed E-state index contributed by atoms with van der Waals surface area (Å²) in [5, 5.41) is 4.66. The summed E-state index contributed by atoms with van der Waals surface area (Å²) >= 11 is 4.22. The molecular weight excluding hydrogens is 296 g/mol. The predicted molar refractivity (Wildman–Crippen MR) is 64.8 cm³/mol. The quantitative estimate of drug-likeness (QED) is 0.785. The van der Waals surface area contributed by atoms with Gasteiger partial charge in [0.25, 0.3) is 5.56 Å². The molecule has 2 aromatic rings. The lowest BCUT2D eigenvalue weighted by Gasteiger charge is -2.04. The Morgan fingerprint density at radius 3 is 3.00 bits per heavy atom. The van der Waals surface area contributed by atoms with Crippen molar-refractivity contribution in [2.45, 2.75) is 6.54 Å². The molecule has 0 fully saturated rings. The number of hydrogen-bond acceptors (Lipinski definition) is 5. The Bertz CT molecular complexity index is 602. The third-order valence-electron chi connectivity index (χ3n) is 1.81. The standard InChI is InChI=1S/C8H7BrN4O2S/c9-5-6(11-3-12-7(5)14)10-1-4-2-16-8(15)13-4/h2-3H,1H2,(H,13,15)(H2,10,11,12,14). The van der Waals surface area contributed by atoms with E-state index < -0.39 is 0 Å². The van der Waals surface area contributed by atoms with E-state index in [0.717, 1.165) is 17.0 Å². The molecule has 0 atom stereocenters. The number of nitrogens with one attached hydrogen (secondary N) is 3.